The van der Waals surface area contributed by atoms with Gasteiger partial charge in [0.2, 0.25) is 5.91 Å². The molecule has 1 N–H and O–H groups in total. The van der Waals surface area contributed by atoms with Gasteiger partial charge in [-0.3, -0.25) is 9.59 Å². The summed E-state index contributed by atoms with van der Waals surface area (Å²) in [5, 5.41) is 2.88. The van der Waals surface area contributed by atoms with E-state index in [1.807, 2.05) is 24.3 Å². The number of nitrogens with zero attached hydrogens (tertiary/aromatic N) is 1. The SMILES string of the molecule is CC[C@@H](C)c1ccccc1NC(=O)[C@H](C)OC(=O)c1ccccc1N1CCCC1=O. The minimum absolute atomic E-state index is 0.0114. The first kappa shape index (κ1) is 21.6. The summed E-state index contributed by atoms with van der Waals surface area (Å²) in [6, 6.07) is 14.5. The van der Waals surface area contributed by atoms with Gasteiger partial charge in [-0.2, -0.15) is 0 Å². The Bertz CT molecular complexity index is 940. The average Bonchev–Trinajstić information content (AvgIpc) is 3.19. The lowest BCUT2D eigenvalue weighted by atomic mass is 9.97. The van der Waals surface area contributed by atoms with Crippen LogP contribution in [0.4, 0.5) is 11.4 Å². The van der Waals surface area contributed by atoms with Gasteiger partial charge in [0.25, 0.3) is 5.91 Å². The third-order valence-electron chi connectivity index (χ3n) is 5.50. The first-order chi connectivity index (χ1) is 14.4. The summed E-state index contributed by atoms with van der Waals surface area (Å²) in [5.74, 6) is -0.732. The van der Waals surface area contributed by atoms with Crippen molar-refractivity contribution in [2.24, 2.45) is 0 Å². The number of anilines is 2. The normalized spacial score (nSPS) is 15.6. The molecule has 1 fully saturated rings. The van der Waals surface area contributed by atoms with Gasteiger partial charge in [0.1, 0.15) is 0 Å². The minimum atomic E-state index is -0.982. The number of nitrogens with one attached hydrogen (secondary N) is 1. The Kier molecular flexibility index (Phi) is 6.87. The number of hydrogen-bond acceptors (Lipinski definition) is 4. The lowest BCUT2D eigenvalue weighted by Crippen LogP contribution is -2.31. The van der Waals surface area contributed by atoms with Gasteiger partial charge in [-0.05, 0) is 49.4 Å². The third-order valence-corrected chi connectivity index (χ3v) is 5.50. The molecule has 0 aliphatic carbocycles. The highest BCUT2D eigenvalue weighted by Crippen LogP contribution is 2.28. The standard InChI is InChI=1S/C24H28N2O4/c1-4-16(2)18-10-5-7-12-20(18)25-23(28)17(3)30-24(29)19-11-6-8-13-21(19)26-15-9-14-22(26)27/h5-8,10-13,16-17H,4,9,14-15H2,1-3H3,(H,25,28)/t16-,17+/m1/s1. The Balaban J connectivity index is 1.71. The number of esters is 1. The molecule has 1 heterocycles. The number of para-hydroxylation sites is 2. The van der Waals surface area contributed by atoms with E-state index in [4.69, 9.17) is 4.74 Å². The second kappa shape index (κ2) is 9.57. The van der Waals surface area contributed by atoms with Gasteiger partial charge in [-0.1, -0.05) is 44.2 Å². The molecule has 6 heteroatoms. The van der Waals surface area contributed by atoms with Gasteiger partial charge in [0, 0.05) is 18.7 Å². The van der Waals surface area contributed by atoms with Crippen molar-refractivity contribution in [3.05, 3.63) is 59.7 Å². The molecule has 30 heavy (non-hydrogen) atoms. The predicted octanol–water partition coefficient (Wildman–Crippen LogP) is 4.51. The fourth-order valence-electron chi connectivity index (χ4n) is 3.56. The zero-order valence-electron chi connectivity index (χ0n) is 17.7. The van der Waals surface area contributed by atoms with Crippen LogP contribution in [0.1, 0.15) is 61.9 Å². The largest absolute Gasteiger partial charge is 0.449 e. The van der Waals surface area contributed by atoms with Gasteiger partial charge < -0.3 is 15.0 Å². The monoisotopic (exact) mass is 408 g/mol. The van der Waals surface area contributed by atoms with E-state index < -0.39 is 18.0 Å². The summed E-state index contributed by atoms with van der Waals surface area (Å²) in [5.41, 5.74) is 2.58. The Morgan fingerprint density at radius 1 is 1.10 bits per heavy atom. The van der Waals surface area contributed by atoms with E-state index in [-0.39, 0.29) is 11.5 Å². The maximum absolute atomic E-state index is 12.8. The molecule has 158 valence electrons. The molecule has 0 spiro atoms. The highest BCUT2D eigenvalue weighted by atomic mass is 16.5. The van der Waals surface area contributed by atoms with Crippen LogP contribution >= 0.6 is 0 Å². The van der Waals surface area contributed by atoms with Crippen molar-refractivity contribution in [2.75, 3.05) is 16.8 Å². The molecule has 2 aromatic carbocycles. The summed E-state index contributed by atoms with van der Waals surface area (Å²) in [4.78, 5) is 39.2. The van der Waals surface area contributed by atoms with Crippen LogP contribution in [0.5, 0.6) is 0 Å². The van der Waals surface area contributed by atoms with Crippen LogP contribution in [0.25, 0.3) is 0 Å². The smallest absolute Gasteiger partial charge is 0.341 e. The molecule has 2 aromatic rings. The molecule has 2 amide bonds. The second-order valence-electron chi connectivity index (χ2n) is 7.60. The molecule has 2 atom stereocenters. The lowest BCUT2D eigenvalue weighted by Gasteiger charge is -2.21. The number of carbonyl (C=O) groups is 3. The Morgan fingerprint density at radius 3 is 2.50 bits per heavy atom. The fraction of sp³-hybridized carbons (Fsp3) is 0.375. The lowest BCUT2D eigenvalue weighted by molar-refractivity contribution is -0.123. The van der Waals surface area contributed by atoms with Crippen molar-refractivity contribution in [3.8, 4) is 0 Å². The summed E-state index contributed by atoms with van der Waals surface area (Å²) in [6.45, 7) is 6.32. The van der Waals surface area contributed by atoms with Crippen molar-refractivity contribution < 1.29 is 19.1 Å². The molecule has 6 nitrogen and oxygen atoms in total. The number of benzene rings is 2. The van der Waals surface area contributed by atoms with Crippen LogP contribution in [0, 0.1) is 0 Å². The van der Waals surface area contributed by atoms with E-state index in [0.717, 1.165) is 24.1 Å². The van der Waals surface area contributed by atoms with Crippen LogP contribution in [-0.4, -0.2) is 30.4 Å². The van der Waals surface area contributed by atoms with Crippen LogP contribution in [0.15, 0.2) is 48.5 Å². The van der Waals surface area contributed by atoms with Gasteiger partial charge in [-0.25, -0.2) is 4.79 Å². The van der Waals surface area contributed by atoms with E-state index in [1.54, 1.807) is 36.1 Å². The van der Waals surface area contributed by atoms with E-state index in [1.165, 1.54) is 0 Å². The molecule has 1 aliphatic rings. The number of hydrogen-bond donors (Lipinski definition) is 1. The molecular formula is C24H28N2O4. The van der Waals surface area contributed by atoms with Crippen LogP contribution < -0.4 is 10.2 Å². The zero-order valence-corrected chi connectivity index (χ0v) is 17.7. The van der Waals surface area contributed by atoms with E-state index >= 15 is 0 Å². The van der Waals surface area contributed by atoms with Gasteiger partial charge in [-0.15, -0.1) is 0 Å². The molecule has 1 saturated heterocycles. The van der Waals surface area contributed by atoms with E-state index in [9.17, 15) is 14.4 Å². The summed E-state index contributed by atoms with van der Waals surface area (Å²) in [6.07, 6.45) is 1.20. The van der Waals surface area contributed by atoms with E-state index in [0.29, 0.717) is 24.6 Å². The molecule has 0 radical (unpaired) electrons. The van der Waals surface area contributed by atoms with E-state index in [2.05, 4.69) is 19.2 Å². The summed E-state index contributed by atoms with van der Waals surface area (Å²) in [7, 11) is 0. The van der Waals surface area contributed by atoms with Gasteiger partial charge in [0.05, 0.1) is 11.3 Å². The Hall–Kier alpha value is -3.15. The highest BCUT2D eigenvalue weighted by Gasteiger charge is 2.28. The molecule has 0 saturated carbocycles. The summed E-state index contributed by atoms with van der Waals surface area (Å²) < 4.78 is 5.44. The fourth-order valence-corrected chi connectivity index (χ4v) is 3.56. The molecule has 0 bridgehead atoms. The second-order valence-corrected chi connectivity index (χ2v) is 7.60. The molecule has 3 rings (SSSR count). The number of rotatable bonds is 7. The van der Waals surface area contributed by atoms with Crippen molar-refractivity contribution in [1.82, 2.24) is 0 Å². The first-order valence-electron chi connectivity index (χ1n) is 10.4. The number of carbonyl (C=O) groups excluding carboxylic acids is 3. The molecule has 0 aromatic heterocycles. The van der Waals surface area contributed by atoms with Crippen molar-refractivity contribution >= 4 is 29.2 Å². The minimum Gasteiger partial charge on any atom is -0.449 e. The highest BCUT2D eigenvalue weighted by molar-refractivity contribution is 6.04. The molecule has 0 unspecified atom stereocenters. The van der Waals surface area contributed by atoms with Crippen LogP contribution in [0.2, 0.25) is 0 Å². The predicted molar refractivity (Wildman–Crippen MR) is 117 cm³/mol. The Labute approximate surface area is 177 Å². The summed E-state index contributed by atoms with van der Waals surface area (Å²) >= 11 is 0. The van der Waals surface area contributed by atoms with Gasteiger partial charge >= 0.3 is 5.97 Å². The topological polar surface area (TPSA) is 75.7 Å². The number of amides is 2. The first-order valence-corrected chi connectivity index (χ1v) is 10.4. The van der Waals surface area contributed by atoms with Crippen LogP contribution in [-0.2, 0) is 14.3 Å². The average molecular weight is 408 g/mol. The van der Waals surface area contributed by atoms with Gasteiger partial charge in [0.15, 0.2) is 6.10 Å². The maximum Gasteiger partial charge on any atom is 0.341 e. The molecule has 1 aliphatic heterocycles. The zero-order chi connectivity index (χ0) is 21.7. The van der Waals surface area contributed by atoms with Crippen LogP contribution in [0.3, 0.4) is 0 Å². The van der Waals surface area contributed by atoms with Crippen molar-refractivity contribution in [1.29, 1.82) is 0 Å². The molecular weight excluding hydrogens is 380 g/mol. The maximum atomic E-state index is 12.8. The quantitative estimate of drug-likeness (QED) is 0.684. The number of ether oxygens (including phenoxy) is 1. The Morgan fingerprint density at radius 2 is 1.80 bits per heavy atom. The third kappa shape index (κ3) is 4.70. The van der Waals surface area contributed by atoms with Crippen molar-refractivity contribution in [3.63, 3.8) is 0 Å². The van der Waals surface area contributed by atoms with Crippen molar-refractivity contribution in [2.45, 2.75) is 52.1 Å².